The third-order valence-corrected chi connectivity index (χ3v) is 4.42. The van der Waals surface area contributed by atoms with Crippen LogP contribution in [0.5, 0.6) is 0 Å². The van der Waals surface area contributed by atoms with Crippen molar-refractivity contribution in [2.24, 2.45) is 0 Å². The van der Waals surface area contributed by atoms with E-state index in [-0.39, 0.29) is 18.4 Å². The average Bonchev–Trinajstić information content (AvgIpc) is 2.63. The molecule has 0 fully saturated rings. The van der Waals surface area contributed by atoms with Gasteiger partial charge in [0.25, 0.3) is 0 Å². The molecule has 0 saturated carbocycles. The van der Waals surface area contributed by atoms with Gasteiger partial charge in [0, 0.05) is 28.4 Å². The summed E-state index contributed by atoms with van der Waals surface area (Å²) in [6, 6.07) is 14.1. The van der Waals surface area contributed by atoms with Crippen LogP contribution in [0.2, 0.25) is 5.02 Å². The first-order chi connectivity index (χ1) is 12.9. The number of rotatable bonds is 6. The van der Waals surface area contributed by atoms with Crippen LogP contribution in [0.3, 0.4) is 0 Å². The topological polar surface area (TPSA) is 99.3 Å². The Labute approximate surface area is 159 Å². The molecule has 0 bridgehead atoms. The van der Waals surface area contributed by atoms with E-state index in [1.165, 1.54) is 6.07 Å². The van der Waals surface area contributed by atoms with Gasteiger partial charge in [-0.25, -0.2) is 4.79 Å². The Morgan fingerprint density at radius 2 is 1.81 bits per heavy atom. The Bertz CT molecular complexity index is 1040. The van der Waals surface area contributed by atoms with Crippen molar-refractivity contribution in [3.05, 3.63) is 81.1 Å². The minimum atomic E-state index is -1.16. The van der Waals surface area contributed by atoms with Crippen molar-refractivity contribution in [3.8, 4) is 0 Å². The van der Waals surface area contributed by atoms with Gasteiger partial charge < -0.3 is 15.4 Å². The van der Waals surface area contributed by atoms with Crippen LogP contribution in [0.4, 0.5) is 0 Å². The summed E-state index contributed by atoms with van der Waals surface area (Å²) >= 11 is 5.82. The Morgan fingerprint density at radius 3 is 2.52 bits per heavy atom. The Morgan fingerprint density at radius 1 is 1.11 bits per heavy atom. The highest BCUT2D eigenvalue weighted by Crippen LogP contribution is 2.16. The van der Waals surface area contributed by atoms with Gasteiger partial charge in [0.2, 0.25) is 11.5 Å². The molecule has 3 N–H and O–H groups in total. The second-order valence-corrected chi connectivity index (χ2v) is 6.61. The van der Waals surface area contributed by atoms with Crippen molar-refractivity contribution < 1.29 is 14.7 Å². The molecule has 1 atom stereocenters. The van der Waals surface area contributed by atoms with E-state index in [4.69, 9.17) is 11.6 Å². The van der Waals surface area contributed by atoms with Crippen LogP contribution in [0.25, 0.3) is 10.9 Å². The number of benzene rings is 2. The number of carbonyl (C=O) groups excluding carboxylic acids is 1. The highest BCUT2D eigenvalue weighted by atomic mass is 35.5. The number of nitrogens with one attached hydrogen (secondary N) is 2. The zero-order chi connectivity index (χ0) is 19.4. The molecule has 3 aromatic rings. The lowest BCUT2D eigenvalue weighted by Gasteiger charge is -2.16. The number of carboxylic acid groups (broad SMARTS) is 1. The number of pyridine rings is 1. The maximum atomic E-state index is 12.3. The number of carbonyl (C=O) groups is 2. The van der Waals surface area contributed by atoms with Gasteiger partial charge in [-0.3, -0.25) is 9.59 Å². The fraction of sp³-hybridized carbons (Fsp3) is 0.150. The largest absolute Gasteiger partial charge is 0.480 e. The number of aromatic nitrogens is 1. The minimum absolute atomic E-state index is 0.00608. The molecule has 6 nitrogen and oxygen atoms in total. The van der Waals surface area contributed by atoms with E-state index >= 15 is 0 Å². The number of aromatic amines is 1. The number of carboxylic acids is 1. The molecule has 0 aliphatic rings. The van der Waals surface area contributed by atoms with Crippen molar-refractivity contribution in [1.82, 2.24) is 10.3 Å². The van der Waals surface area contributed by atoms with Crippen molar-refractivity contribution in [2.75, 3.05) is 0 Å². The van der Waals surface area contributed by atoms with Gasteiger partial charge in [-0.05, 0) is 29.3 Å². The SMILES string of the molecule is O=C(Cc1ccc(Cl)cc1)NC(Cc1cc(=O)[nH]c2ccccc12)C(=O)O. The van der Waals surface area contributed by atoms with E-state index in [1.54, 1.807) is 48.5 Å². The highest BCUT2D eigenvalue weighted by Gasteiger charge is 2.22. The van der Waals surface area contributed by atoms with Crippen LogP contribution in [0, 0.1) is 0 Å². The van der Waals surface area contributed by atoms with Gasteiger partial charge >= 0.3 is 5.97 Å². The lowest BCUT2D eigenvalue weighted by molar-refractivity contribution is -0.141. The summed E-state index contributed by atoms with van der Waals surface area (Å²) in [4.78, 5) is 38.5. The fourth-order valence-electron chi connectivity index (χ4n) is 2.90. The molecule has 1 aromatic heterocycles. The van der Waals surface area contributed by atoms with Crippen molar-refractivity contribution >= 4 is 34.4 Å². The quantitative estimate of drug-likeness (QED) is 0.608. The maximum absolute atomic E-state index is 12.3. The number of amides is 1. The van der Waals surface area contributed by atoms with Crippen LogP contribution >= 0.6 is 11.6 Å². The Kier molecular flexibility index (Phi) is 5.57. The number of halogens is 1. The van der Waals surface area contributed by atoms with E-state index in [2.05, 4.69) is 10.3 Å². The summed E-state index contributed by atoms with van der Waals surface area (Å²) in [7, 11) is 0. The molecule has 0 aliphatic carbocycles. The first-order valence-corrected chi connectivity index (χ1v) is 8.68. The van der Waals surface area contributed by atoms with Crippen molar-refractivity contribution in [1.29, 1.82) is 0 Å². The van der Waals surface area contributed by atoms with Gasteiger partial charge in [0.15, 0.2) is 0 Å². The molecule has 3 rings (SSSR count). The summed E-state index contributed by atoms with van der Waals surface area (Å²) in [5, 5.41) is 13.3. The standard InChI is InChI=1S/C20H17ClN2O4/c21-14-7-5-12(6-8-14)9-18(24)23-17(20(26)27)10-13-11-19(25)22-16-4-2-1-3-15(13)16/h1-8,11,17H,9-10H2,(H,22,25)(H,23,24)(H,26,27). The summed E-state index contributed by atoms with van der Waals surface area (Å²) in [6.07, 6.45) is 0.0448. The number of hydrogen-bond donors (Lipinski definition) is 3. The van der Waals surface area contributed by atoms with E-state index in [0.29, 0.717) is 16.1 Å². The molecule has 138 valence electrons. The van der Waals surface area contributed by atoms with Crippen molar-refractivity contribution in [2.45, 2.75) is 18.9 Å². The fourth-order valence-corrected chi connectivity index (χ4v) is 3.02. The van der Waals surface area contributed by atoms with Gasteiger partial charge in [0.05, 0.1) is 6.42 Å². The second-order valence-electron chi connectivity index (χ2n) is 6.17. The predicted octanol–water partition coefficient (Wildman–Crippen LogP) is 2.54. The zero-order valence-electron chi connectivity index (χ0n) is 14.2. The summed E-state index contributed by atoms with van der Waals surface area (Å²) in [5.41, 5.74) is 1.59. The number of H-pyrrole nitrogens is 1. The molecule has 0 spiro atoms. The van der Waals surface area contributed by atoms with Crippen LogP contribution in [-0.4, -0.2) is 28.0 Å². The molecule has 0 radical (unpaired) electrons. The normalized spacial score (nSPS) is 11.9. The molecule has 27 heavy (non-hydrogen) atoms. The lowest BCUT2D eigenvalue weighted by atomic mass is 10.0. The molecule has 1 unspecified atom stereocenters. The lowest BCUT2D eigenvalue weighted by Crippen LogP contribution is -2.43. The zero-order valence-corrected chi connectivity index (χ0v) is 15.0. The molecule has 1 heterocycles. The predicted molar refractivity (Wildman–Crippen MR) is 103 cm³/mol. The number of hydrogen-bond acceptors (Lipinski definition) is 3. The maximum Gasteiger partial charge on any atom is 0.326 e. The second kappa shape index (κ2) is 8.05. The van der Waals surface area contributed by atoms with Crippen molar-refractivity contribution in [3.63, 3.8) is 0 Å². The molecule has 0 saturated heterocycles. The van der Waals surface area contributed by atoms with Crippen LogP contribution in [-0.2, 0) is 22.4 Å². The van der Waals surface area contributed by atoms with Gasteiger partial charge in [-0.15, -0.1) is 0 Å². The van der Waals surface area contributed by atoms with Crippen LogP contribution in [0.1, 0.15) is 11.1 Å². The molecule has 0 aliphatic heterocycles. The number of aliphatic carboxylic acids is 1. The summed E-state index contributed by atoms with van der Waals surface area (Å²) in [5.74, 6) is -1.58. The van der Waals surface area contributed by atoms with Crippen LogP contribution < -0.4 is 10.9 Å². The number of fused-ring (bicyclic) bond motifs is 1. The third kappa shape index (κ3) is 4.74. The van der Waals surface area contributed by atoms with Gasteiger partial charge in [0.1, 0.15) is 6.04 Å². The smallest absolute Gasteiger partial charge is 0.326 e. The molecular formula is C20H17ClN2O4. The highest BCUT2D eigenvalue weighted by molar-refractivity contribution is 6.30. The molecule has 1 amide bonds. The van der Waals surface area contributed by atoms with Gasteiger partial charge in [-0.2, -0.15) is 0 Å². The third-order valence-electron chi connectivity index (χ3n) is 4.17. The Hall–Kier alpha value is -3.12. The van der Waals surface area contributed by atoms with E-state index in [1.807, 2.05) is 0 Å². The van der Waals surface area contributed by atoms with Crippen LogP contribution in [0.15, 0.2) is 59.4 Å². The number of para-hydroxylation sites is 1. The van der Waals surface area contributed by atoms with Gasteiger partial charge in [-0.1, -0.05) is 41.9 Å². The first-order valence-electron chi connectivity index (χ1n) is 8.30. The summed E-state index contributed by atoms with van der Waals surface area (Å²) in [6.45, 7) is 0. The van der Waals surface area contributed by atoms with E-state index in [0.717, 1.165) is 10.9 Å². The summed E-state index contributed by atoms with van der Waals surface area (Å²) < 4.78 is 0. The molecule has 7 heteroatoms. The first kappa shape index (κ1) is 18.7. The molecular weight excluding hydrogens is 368 g/mol. The monoisotopic (exact) mass is 384 g/mol. The Balaban J connectivity index is 1.78. The average molecular weight is 385 g/mol. The van der Waals surface area contributed by atoms with E-state index in [9.17, 15) is 19.5 Å². The minimum Gasteiger partial charge on any atom is -0.480 e. The van der Waals surface area contributed by atoms with E-state index < -0.39 is 17.9 Å². The molecule has 2 aromatic carbocycles.